The Hall–Kier alpha value is -2.45. The Morgan fingerprint density at radius 3 is 2.55 bits per heavy atom. The maximum absolute atomic E-state index is 12.9. The van der Waals surface area contributed by atoms with Crippen LogP contribution in [0.15, 0.2) is 29.4 Å². The van der Waals surface area contributed by atoms with Gasteiger partial charge in [-0.1, -0.05) is 30.0 Å². The van der Waals surface area contributed by atoms with Gasteiger partial charge in [-0.3, -0.25) is 4.79 Å². The summed E-state index contributed by atoms with van der Waals surface area (Å²) in [5.41, 5.74) is 5.89. The highest BCUT2D eigenvalue weighted by atomic mass is 32.2. The summed E-state index contributed by atoms with van der Waals surface area (Å²) < 4.78 is 9.14. The minimum atomic E-state index is 0.0648. The topological polar surface area (TPSA) is 74.8 Å². The molecule has 0 aliphatic rings. The summed E-state index contributed by atoms with van der Waals surface area (Å²) in [4.78, 5) is 12.9. The SMILES string of the molecule is COCC(C)n1c(C)cc(C(=O)CSc2nnnn2-c2c(C)cccc2C)c1C. The Balaban J connectivity index is 1.80. The van der Waals surface area contributed by atoms with E-state index in [0.29, 0.717) is 11.8 Å². The minimum absolute atomic E-state index is 0.0648. The number of rotatable bonds is 8. The number of methoxy groups -OCH3 is 1. The predicted molar refractivity (Wildman–Crippen MR) is 114 cm³/mol. The van der Waals surface area contributed by atoms with Crippen molar-refractivity contribution in [3.8, 4) is 5.69 Å². The fourth-order valence-electron chi connectivity index (χ4n) is 3.81. The van der Waals surface area contributed by atoms with Crippen LogP contribution in [0.3, 0.4) is 0 Å². The van der Waals surface area contributed by atoms with Gasteiger partial charge >= 0.3 is 0 Å². The van der Waals surface area contributed by atoms with Crippen molar-refractivity contribution in [2.75, 3.05) is 19.5 Å². The van der Waals surface area contributed by atoms with Crippen LogP contribution < -0.4 is 0 Å². The zero-order valence-electron chi connectivity index (χ0n) is 17.8. The molecule has 0 N–H and O–H groups in total. The molecule has 2 heterocycles. The van der Waals surface area contributed by atoms with Crippen molar-refractivity contribution in [3.05, 3.63) is 52.3 Å². The van der Waals surface area contributed by atoms with Crippen molar-refractivity contribution >= 4 is 17.5 Å². The Morgan fingerprint density at radius 1 is 1.21 bits per heavy atom. The van der Waals surface area contributed by atoms with Gasteiger partial charge in [0.1, 0.15) is 0 Å². The highest BCUT2D eigenvalue weighted by Crippen LogP contribution is 2.26. The maximum Gasteiger partial charge on any atom is 0.214 e. The van der Waals surface area contributed by atoms with Gasteiger partial charge in [-0.2, -0.15) is 4.68 Å². The predicted octanol–water partition coefficient (Wildman–Crippen LogP) is 3.88. The smallest absolute Gasteiger partial charge is 0.214 e. The number of aryl methyl sites for hydroxylation is 3. The second kappa shape index (κ2) is 8.92. The molecule has 0 aliphatic carbocycles. The van der Waals surface area contributed by atoms with Crippen molar-refractivity contribution < 1.29 is 9.53 Å². The van der Waals surface area contributed by atoms with Crippen molar-refractivity contribution in [1.82, 2.24) is 24.8 Å². The first-order chi connectivity index (χ1) is 13.8. The largest absolute Gasteiger partial charge is 0.383 e. The van der Waals surface area contributed by atoms with Crippen molar-refractivity contribution in [2.45, 2.75) is 45.8 Å². The molecule has 154 valence electrons. The third kappa shape index (κ3) is 4.28. The molecule has 1 atom stereocenters. The van der Waals surface area contributed by atoms with Gasteiger partial charge in [0.05, 0.1) is 24.1 Å². The van der Waals surface area contributed by atoms with Crippen LogP contribution in [-0.2, 0) is 4.74 Å². The van der Waals surface area contributed by atoms with E-state index >= 15 is 0 Å². The second-order valence-electron chi connectivity index (χ2n) is 7.28. The number of hydrogen-bond acceptors (Lipinski definition) is 6. The first-order valence-electron chi connectivity index (χ1n) is 9.53. The Kier molecular flexibility index (Phi) is 6.54. The molecular weight excluding hydrogens is 386 g/mol. The van der Waals surface area contributed by atoms with Crippen LogP contribution in [-0.4, -0.2) is 50.0 Å². The molecule has 0 saturated carbocycles. The molecule has 0 aliphatic heterocycles. The Morgan fingerprint density at radius 2 is 1.90 bits per heavy atom. The lowest BCUT2D eigenvalue weighted by Crippen LogP contribution is -2.15. The minimum Gasteiger partial charge on any atom is -0.383 e. The molecule has 0 spiro atoms. The summed E-state index contributed by atoms with van der Waals surface area (Å²) >= 11 is 1.35. The van der Waals surface area contributed by atoms with E-state index in [4.69, 9.17) is 4.74 Å². The lowest BCUT2D eigenvalue weighted by atomic mass is 10.1. The van der Waals surface area contributed by atoms with E-state index in [1.165, 1.54) is 11.8 Å². The fourth-order valence-corrected chi connectivity index (χ4v) is 4.57. The average Bonchev–Trinajstić information content (AvgIpc) is 3.24. The highest BCUT2D eigenvalue weighted by Gasteiger charge is 2.20. The number of carbonyl (C=O) groups excluding carboxylic acids is 1. The van der Waals surface area contributed by atoms with E-state index in [1.807, 2.05) is 52.0 Å². The molecule has 0 saturated heterocycles. The van der Waals surface area contributed by atoms with Gasteiger partial charge in [-0.25, -0.2) is 0 Å². The zero-order chi connectivity index (χ0) is 21.1. The Labute approximate surface area is 175 Å². The van der Waals surface area contributed by atoms with Crippen LogP contribution in [0, 0.1) is 27.7 Å². The number of aromatic nitrogens is 5. The molecule has 7 nitrogen and oxygen atoms in total. The van der Waals surface area contributed by atoms with E-state index in [0.717, 1.165) is 33.8 Å². The van der Waals surface area contributed by atoms with Gasteiger partial charge in [0.2, 0.25) is 5.16 Å². The van der Waals surface area contributed by atoms with Gasteiger partial charge in [0, 0.05) is 24.1 Å². The Bertz CT molecular complexity index is 1000. The number of para-hydroxylation sites is 1. The molecular formula is C21H27N5O2S. The van der Waals surface area contributed by atoms with Crippen LogP contribution in [0.25, 0.3) is 5.69 Å². The van der Waals surface area contributed by atoms with Crippen molar-refractivity contribution in [1.29, 1.82) is 0 Å². The maximum atomic E-state index is 12.9. The molecule has 29 heavy (non-hydrogen) atoms. The summed E-state index contributed by atoms with van der Waals surface area (Å²) in [6, 6.07) is 8.19. The van der Waals surface area contributed by atoms with Gasteiger partial charge in [-0.05, 0) is 62.2 Å². The molecule has 1 unspecified atom stereocenters. The first kappa shape index (κ1) is 21.3. The van der Waals surface area contributed by atoms with E-state index in [9.17, 15) is 4.79 Å². The number of hydrogen-bond donors (Lipinski definition) is 0. The molecule has 0 amide bonds. The number of thioether (sulfide) groups is 1. The van der Waals surface area contributed by atoms with Gasteiger partial charge in [-0.15, -0.1) is 5.10 Å². The summed E-state index contributed by atoms with van der Waals surface area (Å²) in [6.45, 7) is 10.7. The van der Waals surface area contributed by atoms with Crippen LogP contribution in [0.5, 0.6) is 0 Å². The molecule has 0 radical (unpaired) electrons. The molecule has 1 aromatic carbocycles. The number of carbonyl (C=O) groups is 1. The standard InChI is InChI=1S/C21H27N5O2S/c1-13-8-7-9-14(2)20(13)26-21(22-23-24-26)29-12-19(27)18-10-15(3)25(17(18)5)16(4)11-28-6/h7-10,16H,11-12H2,1-6H3. The molecule has 3 aromatic rings. The van der Waals surface area contributed by atoms with Gasteiger partial charge in [0.25, 0.3) is 0 Å². The van der Waals surface area contributed by atoms with E-state index < -0.39 is 0 Å². The van der Waals surface area contributed by atoms with Crippen LogP contribution in [0.1, 0.15) is 45.8 Å². The quantitative estimate of drug-likeness (QED) is 0.412. The van der Waals surface area contributed by atoms with Crippen LogP contribution in [0.2, 0.25) is 0 Å². The molecule has 2 aromatic heterocycles. The number of ketones is 1. The lowest BCUT2D eigenvalue weighted by molar-refractivity contribution is 0.102. The van der Waals surface area contributed by atoms with E-state index in [-0.39, 0.29) is 17.6 Å². The van der Waals surface area contributed by atoms with E-state index in [1.54, 1.807) is 11.8 Å². The average molecular weight is 414 g/mol. The van der Waals surface area contributed by atoms with Crippen molar-refractivity contribution in [2.24, 2.45) is 0 Å². The summed E-state index contributed by atoms with van der Waals surface area (Å²) in [7, 11) is 1.69. The van der Waals surface area contributed by atoms with Gasteiger partial charge < -0.3 is 9.30 Å². The lowest BCUT2D eigenvalue weighted by Gasteiger charge is -2.17. The fraction of sp³-hybridized carbons (Fsp3) is 0.429. The molecule has 3 rings (SSSR count). The third-order valence-corrected chi connectivity index (χ3v) is 5.98. The van der Waals surface area contributed by atoms with Crippen LogP contribution >= 0.6 is 11.8 Å². The zero-order valence-corrected chi connectivity index (χ0v) is 18.6. The van der Waals surface area contributed by atoms with E-state index in [2.05, 4.69) is 27.0 Å². The molecule has 0 bridgehead atoms. The van der Waals surface area contributed by atoms with Crippen LogP contribution in [0.4, 0.5) is 0 Å². The molecule has 0 fully saturated rings. The number of tetrazole rings is 1. The van der Waals surface area contributed by atoms with Gasteiger partial charge in [0.15, 0.2) is 5.78 Å². The van der Waals surface area contributed by atoms with Crippen molar-refractivity contribution in [3.63, 3.8) is 0 Å². The monoisotopic (exact) mass is 413 g/mol. The highest BCUT2D eigenvalue weighted by molar-refractivity contribution is 7.99. The first-order valence-corrected chi connectivity index (χ1v) is 10.5. The summed E-state index contributed by atoms with van der Waals surface area (Å²) in [5.74, 6) is 0.337. The number of ether oxygens (including phenoxy) is 1. The summed E-state index contributed by atoms with van der Waals surface area (Å²) in [5, 5.41) is 12.7. The number of nitrogens with zero attached hydrogens (tertiary/aromatic N) is 5. The molecule has 8 heteroatoms. The number of Topliss-reactive ketones (excluding diaryl/α,β-unsaturated/α-hetero) is 1. The normalized spacial score (nSPS) is 12.3. The second-order valence-corrected chi connectivity index (χ2v) is 8.23. The number of benzene rings is 1. The summed E-state index contributed by atoms with van der Waals surface area (Å²) in [6.07, 6.45) is 0. The third-order valence-electron chi connectivity index (χ3n) is 5.06.